The zero-order chi connectivity index (χ0) is 13.5. The van der Waals surface area contributed by atoms with Gasteiger partial charge in [0.2, 0.25) is 0 Å². The first-order valence-electron chi connectivity index (χ1n) is 6.19. The van der Waals surface area contributed by atoms with Crippen LogP contribution in [0.5, 0.6) is 0 Å². The molecule has 0 saturated heterocycles. The van der Waals surface area contributed by atoms with E-state index < -0.39 is 6.09 Å². The van der Waals surface area contributed by atoms with Crippen LogP contribution in [0.2, 0.25) is 0 Å². The number of carbonyl (C=O) groups is 1. The molecule has 100 valence electrons. The molecular formula is C14H21NO3. The molecule has 1 aromatic carbocycles. The second kappa shape index (κ2) is 7.01. The Morgan fingerprint density at radius 1 is 1.28 bits per heavy atom. The van der Waals surface area contributed by atoms with Crippen molar-refractivity contribution in [1.82, 2.24) is 4.90 Å². The fourth-order valence-electron chi connectivity index (χ4n) is 1.98. The molecule has 0 aliphatic carbocycles. The summed E-state index contributed by atoms with van der Waals surface area (Å²) >= 11 is 0. The number of aliphatic hydroxyl groups excluding tert-OH is 1. The minimum atomic E-state index is -0.987. The van der Waals surface area contributed by atoms with Crippen molar-refractivity contribution < 1.29 is 15.0 Å². The summed E-state index contributed by atoms with van der Waals surface area (Å²) in [5.41, 5.74) is 0.933. The maximum atomic E-state index is 11.3. The Balaban J connectivity index is 2.78. The van der Waals surface area contributed by atoms with Gasteiger partial charge in [-0.25, -0.2) is 4.79 Å². The summed E-state index contributed by atoms with van der Waals surface area (Å²) in [6.07, 6.45) is -0.325. The smallest absolute Gasteiger partial charge is 0.407 e. The van der Waals surface area contributed by atoms with Crippen LogP contribution in [0.4, 0.5) is 4.79 Å². The van der Waals surface area contributed by atoms with Crippen molar-refractivity contribution >= 4 is 6.09 Å². The molecule has 1 amide bonds. The number of carboxylic acid groups (broad SMARTS) is 1. The summed E-state index contributed by atoms with van der Waals surface area (Å²) in [4.78, 5) is 12.6. The Hall–Kier alpha value is -1.55. The Kier molecular flexibility index (Phi) is 5.65. The van der Waals surface area contributed by atoms with Gasteiger partial charge in [-0.15, -0.1) is 0 Å². The summed E-state index contributed by atoms with van der Waals surface area (Å²) in [5.74, 6) is 0.347. The molecule has 0 unspecified atom stereocenters. The third kappa shape index (κ3) is 4.37. The average molecular weight is 251 g/mol. The van der Waals surface area contributed by atoms with E-state index in [-0.39, 0.29) is 12.6 Å². The van der Waals surface area contributed by atoms with E-state index >= 15 is 0 Å². The van der Waals surface area contributed by atoms with Crippen molar-refractivity contribution in [2.75, 3.05) is 6.61 Å². The second-order valence-corrected chi connectivity index (χ2v) is 4.86. The van der Waals surface area contributed by atoms with Gasteiger partial charge in [0.15, 0.2) is 0 Å². The van der Waals surface area contributed by atoms with Gasteiger partial charge in [0.05, 0.1) is 12.6 Å². The van der Waals surface area contributed by atoms with Crippen molar-refractivity contribution in [2.45, 2.75) is 32.9 Å². The third-order valence-corrected chi connectivity index (χ3v) is 2.84. The molecule has 0 radical (unpaired) electrons. The van der Waals surface area contributed by atoms with Crippen LogP contribution in [-0.2, 0) is 6.54 Å². The first-order chi connectivity index (χ1) is 8.54. The lowest BCUT2D eigenvalue weighted by atomic mass is 10.0. The number of benzene rings is 1. The molecule has 4 heteroatoms. The van der Waals surface area contributed by atoms with Gasteiger partial charge >= 0.3 is 6.09 Å². The summed E-state index contributed by atoms with van der Waals surface area (Å²) in [5, 5.41) is 18.6. The van der Waals surface area contributed by atoms with Crippen molar-refractivity contribution in [1.29, 1.82) is 0 Å². The van der Waals surface area contributed by atoms with Crippen molar-refractivity contribution in [3.63, 3.8) is 0 Å². The van der Waals surface area contributed by atoms with Crippen LogP contribution in [0, 0.1) is 5.92 Å². The Morgan fingerprint density at radius 2 is 1.89 bits per heavy atom. The van der Waals surface area contributed by atoms with E-state index in [1.807, 2.05) is 44.2 Å². The lowest BCUT2D eigenvalue weighted by Gasteiger charge is -2.29. The topological polar surface area (TPSA) is 60.8 Å². The van der Waals surface area contributed by atoms with E-state index in [2.05, 4.69) is 0 Å². The lowest BCUT2D eigenvalue weighted by molar-refractivity contribution is 0.0844. The molecule has 18 heavy (non-hydrogen) atoms. The third-order valence-electron chi connectivity index (χ3n) is 2.84. The Bertz CT molecular complexity index is 365. The summed E-state index contributed by atoms with van der Waals surface area (Å²) in [6.45, 7) is 4.21. The highest BCUT2D eigenvalue weighted by Gasteiger charge is 2.23. The van der Waals surface area contributed by atoms with E-state index in [1.165, 1.54) is 4.90 Å². The van der Waals surface area contributed by atoms with E-state index in [4.69, 9.17) is 0 Å². The Morgan fingerprint density at radius 3 is 2.33 bits per heavy atom. The van der Waals surface area contributed by atoms with Gasteiger partial charge in [0, 0.05) is 6.54 Å². The number of aliphatic hydroxyl groups is 1. The van der Waals surface area contributed by atoms with Crippen LogP contribution >= 0.6 is 0 Å². The standard InChI is InChI=1S/C14H21NO3/c1-11(2)8-13(10-16)15(14(17)18)9-12-6-4-3-5-7-12/h3-7,11,13,16H,8-10H2,1-2H3,(H,17,18)/t13-/m0/s1. The Labute approximate surface area is 108 Å². The number of nitrogens with zero attached hydrogens (tertiary/aromatic N) is 1. The molecule has 0 spiro atoms. The van der Waals surface area contributed by atoms with Gasteiger partial charge in [-0.3, -0.25) is 4.90 Å². The van der Waals surface area contributed by atoms with Gasteiger partial charge in [0.25, 0.3) is 0 Å². The first kappa shape index (κ1) is 14.5. The van der Waals surface area contributed by atoms with Crippen LogP contribution < -0.4 is 0 Å². The molecule has 0 fully saturated rings. The van der Waals surface area contributed by atoms with Crippen LogP contribution in [0.25, 0.3) is 0 Å². The molecule has 0 heterocycles. The minimum absolute atomic E-state index is 0.142. The molecule has 4 nitrogen and oxygen atoms in total. The molecular weight excluding hydrogens is 230 g/mol. The van der Waals surface area contributed by atoms with Gasteiger partial charge in [-0.2, -0.15) is 0 Å². The highest BCUT2D eigenvalue weighted by Crippen LogP contribution is 2.15. The van der Waals surface area contributed by atoms with Gasteiger partial charge in [-0.05, 0) is 17.9 Å². The normalized spacial score (nSPS) is 12.4. The zero-order valence-corrected chi connectivity index (χ0v) is 10.9. The van der Waals surface area contributed by atoms with Gasteiger partial charge in [0.1, 0.15) is 0 Å². The van der Waals surface area contributed by atoms with Crippen LogP contribution in [-0.4, -0.2) is 33.9 Å². The SMILES string of the molecule is CC(C)C[C@@H](CO)N(Cc1ccccc1)C(=O)O. The summed E-state index contributed by atoms with van der Waals surface area (Å²) in [6, 6.07) is 9.09. The van der Waals surface area contributed by atoms with E-state index in [1.54, 1.807) is 0 Å². The predicted octanol–water partition coefficient (Wildman–Crippen LogP) is 2.57. The van der Waals surface area contributed by atoms with Crippen molar-refractivity contribution in [2.24, 2.45) is 5.92 Å². The molecule has 0 aliphatic rings. The lowest BCUT2D eigenvalue weighted by Crippen LogP contribution is -2.41. The van der Waals surface area contributed by atoms with Crippen molar-refractivity contribution in [3.05, 3.63) is 35.9 Å². The van der Waals surface area contributed by atoms with Crippen LogP contribution in [0.1, 0.15) is 25.8 Å². The number of hydrogen-bond donors (Lipinski definition) is 2. The molecule has 0 aromatic heterocycles. The maximum absolute atomic E-state index is 11.3. The quantitative estimate of drug-likeness (QED) is 0.817. The van der Waals surface area contributed by atoms with E-state index in [0.29, 0.717) is 18.9 Å². The monoisotopic (exact) mass is 251 g/mol. The molecule has 1 atom stereocenters. The van der Waals surface area contributed by atoms with E-state index in [0.717, 1.165) is 5.56 Å². The largest absolute Gasteiger partial charge is 0.465 e. The molecule has 0 bridgehead atoms. The molecule has 0 aliphatic heterocycles. The van der Waals surface area contributed by atoms with Gasteiger partial charge in [-0.1, -0.05) is 44.2 Å². The van der Waals surface area contributed by atoms with Crippen LogP contribution in [0.15, 0.2) is 30.3 Å². The predicted molar refractivity (Wildman–Crippen MR) is 70.3 cm³/mol. The zero-order valence-electron chi connectivity index (χ0n) is 10.9. The maximum Gasteiger partial charge on any atom is 0.407 e. The average Bonchev–Trinajstić information content (AvgIpc) is 2.34. The minimum Gasteiger partial charge on any atom is -0.465 e. The number of rotatable bonds is 6. The molecule has 1 rings (SSSR count). The van der Waals surface area contributed by atoms with Gasteiger partial charge < -0.3 is 10.2 Å². The van der Waals surface area contributed by atoms with E-state index in [9.17, 15) is 15.0 Å². The summed E-state index contributed by atoms with van der Waals surface area (Å²) in [7, 11) is 0. The fraction of sp³-hybridized carbons (Fsp3) is 0.500. The molecule has 0 saturated carbocycles. The van der Waals surface area contributed by atoms with Crippen molar-refractivity contribution in [3.8, 4) is 0 Å². The van der Waals surface area contributed by atoms with Crippen LogP contribution in [0.3, 0.4) is 0 Å². The molecule has 1 aromatic rings. The fourth-order valence-corrected chi connectivity index (χ4v) is 1.98. The highest BCUT2D eigenvalue weighted by atomic mass is 16.4. The second-order valence-electron chi connectivity index (χ2n) is 4.86. The first-order valence-corrected chi connectivity index (χ1v) is 6.19. The number of amides is 1. The highest BCUT2D eigenvalue weighted by molar-refractivity contribution is 5.65. The number of hydrogen-bond acceptors (Lipinski definition) is 2. The molecule has 2 N–H and O–H groups in total. The summed E-state index contributed by atoms with van der Waals surface area (Å²) < 4.78 is 0.